The molecule has 5 heterocycles. The number of carbonyl (C=O) groups excluding carboxylic acids is 2. The molecule has 4 aliphatic heterocycles. The van der Waals surface area contributed by atoms with Crippen molar-refractivity contribution in [3.63, 3.8) is 0 Å². The van der Waals surface area contributed by atoms with Crippen molar-refractivity contribution in [2.45, 2.75) is 44.8 Å². The molecular formula is C31H34N4O5. The molecule has 9 heteroatoms. The second-order valence-corrected chi connectivity index (χ2v) is 11.1. The van der Waals surface area contributed by atoms with E-state index in [-0.39, 0.29) is 18.7 Å². The Hall–Kier alpha value is -3.82. The zero-order valence-corrected chi connectivity index (χ0v) is 22.6. The molecule has 7 rings (SSSR count). The lowest BCUT2D eigenvalue weighted by Gasteiger charge is -2.40. The van der Waals surface area contributed by atoms with Gasteiger partial charge in [-0.2, -0.15) is 0 Å². The van der Waals surface area contributed by atoms with Gasteiger partial charge in [-0.05, 0) is 48.9 Å². The summed E-state index contributed by atoms with van der Waals surface area (Å²) in [6.07, 6.45) is 5.61. The molecule has 208 valence electrons. The number of primary amides is 1. The first-order valence-electron chi connectivity index (χ1n) is 14.2. The van der Waals surface area contributed by atoms with E-state index in [4.69, 9.17) is 19.9 Å². The Morgan fingerprint density at radius 3 is 2.52 bits per heavy atom. The van der Waals surface area contributed by atoms with Crippen LogP contribution < -0.4 is 15.2 Å². The summed E-state index contributed by atoms with van der Waals surface area (Å²) in [7, 11) is 0. The fraction of sp³-hybridized carbons (Fsp3) is 0.419. The summed E-state index contributed by atoms with van der Waals surface area (Å²) in [5.41, 5.74) is 11.7. The first-order chi connectivity index (χ1) is 19.6. The number of amides is 2. The molecule has 1 atom stereocenters. The summed E-state index contributed by atoms with van der Waals surface area (Å²) < 4.78 is 19.1. The highest BCUT2D eigenvalue weighted by atomic mass is 16.7. The topological polar surface area (TPSA) is 99.3 Å². The molecule has 2 N–H and O–H groups in total. The van der Waals surface area contributed by atoms with E-state index < -0.39 is 5.91 Å². The number of carbonyl (C=O) groups is 2. The Kier molecular flexibility index (Phi) is 6.48. The Bertz CT molecular complexity index is 1470. The number of hydrogen-bond donors (Lipinski definition) is 1. The van der Waals surface area contributed by atoms with Crippen LogP contribution in [0.25, 0.3) is 11.1 Å². The number of aromatic nitrogens is 1. The highest BCUT2D eigenvalue weighted by molar-refractivity contribution is 6.07. The Morgan fingerprint density at radius 2 is 1.73 bits per heavy atom. The molecule has 0 spiro atoms. The maximum atomic E-state index is 14.6. The van der Waals surface area contributed by atoms with Crippen LogP contribution in [0.1, 0.15) is 50.4 Å². The van der Waals surface area contributed by atoms with Crippen LogP contribution in [0.2, 0.25) is 0 Å². The number of aryl methyl sites for hydroxylation is 1. The maximum absolute atomic E-state index is 14.6. The number of rotatable bonds is 5. The first kappa shape index (κ1) is 25.2. The molecule has 1 saturated heterocycles. The minimum absolute atomic E-state index is 0.00312. The number of ether oxygens (including phenoxy) is 3. The van der Waals surface area contributed by atoms with Gasteiger partial charge >= 0.3 is 0 Å². The van der Waals surface area contributed by atoms with Crippen molar-refractivity contribution in [2.24, 2.45) is 5.73 Å². The third-order valence-electron chi connectivity index (χ3n) is 8.72. The van der Waals surface area contributed by atoms with E-state index >= 15 is 0 Å². The minimum Gasteiger partial charge on any atom is -0.454 e. The zero-order chi connectivity index (χ0) is 27.2. The molecular weight excluding hydrogens is 508 g/mol. The lowest BCUT2D eigenvalue weighted by atomic mass is 9.91. The largest absolute Gasteiger partial charge is 0.454 e. The number of benzene rings is 2. The summed E-state index contributed by atoms with van der Waals surface area (Å²) in [6.45, 7) is 5.34. The molecule has 0 bridgehead atoms. The summed E-state index contributed by atoms with van der Waals surface area (Å²) in [5, 5.41) is 0. The Morgan fingerprint density at radius 1 is 0.950 bits per heavy atom. The highest BCUT2D eigenvalue weighted by Crippen LogP contribution is 2.42. The molecule has 4 aliphatic rings. The predicted molar refractivity (Wildman–Crippen MR) is 149 cm³/mol. The zero-order valence-electron chi connectivity index (χ0n) is 22.6. The van der Waals surface area contributed by atoms with Gasteiger partial charge in [0.25, 0.3) is 11.8 Å². The van der Waals surface area contributed by atoms with E-state index in [2.05, 4.69) is 27.7 Å². The van der Waals surface area contributed by atoms with Gasteiger partial charge in [0.15, 0.2) is 11.5 Å². The number of nitrogens with zero attached hydrogens (tertiary/aromatic N) is 3. The van der Waals surface area contributed by atoms with E-state index in [0.717, 1.165) is 63.1 Å². The standard InChI is InChI=1S/C31H34N4O5/c32-30(36)29-25(18-34-8-4-3-7-26(29)34)23-14-27-28(40-19-39-27)15-24(23)31(37)35-16-21-6-2-1-5-20(21)13-22(35)17-33-9-11-38-12-10-33/h1-2,5-6,14-15,18,22H,3-4,7-13,16-17,19H2,(H2,32,36). The summed E-state index contributed by atoms with van der Waals surface area (Å²) >= 11 is 0. The smallest absolute Gasteiger partial charge is 0.255 e. The lowest BCUT2D eigenvalue weighted by Crippen LogP contribution is -2.52. The second kappa shape index (κ2) is 10.3. The Labute approximate surface area is 233 Å². The quantitative estimate of drug-likeness (QED) is 0.532. The predicted octanol–water partition coefficient (Wildman–Crippen LogP) is 3.22. The molecule has 40 heavy (non-hydrogen) atoms. The van der Waals surface area contributed by atoms with Gasteiger partial charge in [-0.15, -0.1) is 0 Å². The molecule has 0 saturated carbocycles. The van der Waals surface area contributed by atoms with Gasteiger partial charge in [-0.25, -0.2) is 0 Å². The van der Waals surface area contributed by atoms with Crippen molar-refractivity contribution < 1.29 is 23.8 Å². The monoisotopic (exact) mass is 542 g/mol. The van der Waals surface area contributed by atoms with Crippen LogP contribution in [0.3, 0.4) is 0 Å². The highest BCUT2D eigenvalue weighted by Gasteiger charge is 2.35. The van der Waals surface area contributed by atoms with E-state index in [1.807, 2.05) is 23.2 Å². The van der Waals surface area contributed by atoms with Crippen molar-refractivity contribution in [1.82, 2.24) is 14.4 Å². The second-order valence-electron chi connectivity index (χ2n) is 11.1. The average molecular weight is 543 g/mol. The van der Waals surface area contributed by atoms with Gasteiger partial charge < -0.3 is 29.4 Å². The van der Waals surface area contributed by atoms with Crippen LogP contribution in [-0.4, -0.2) is 71.9 Å². The maximum Gasteiger partial charge on any atom is 0.255 e. The molecule has 2 aromatic carbocycles. The first-order valence-corrected chi connectivity index (χ1v) is 14.2. The number of morpholine rings is 1. The molecule has 1 fully saturated rings. The number of hydrogen-bond acceptors (Lipinski definition) is 6. The van der Waals surface area contributed by atoms with Gasteiger partial charge in [0.1, 0.15) is 0 Å². The normalized spacial score (nSPS) is 20.2. The summed E-state index contributed by atoms with van der Waals surface area (Å²) in [6, 6.07) is 12.0. The number of fused-ring (bicyclic) bond motifs is 3. The number of nitrogens with two attached hydrogens (primary N) is 1. The fourth-order valence-corrected chi connectivity index (χ4v) is 6.69. The van der Waals surface area contributed by atoms with E-state index in [1.165, 1.54) is 5.56 Å². The van der Waals surface area contributed by atoms with Crippen LogP contribution in [0.4, 0.5) is 0 Å². The van der Waals surface area contributed by atoms with Crippen LogP contribution in [0.15, 0.2) is 42.6 Å². The fourth-order valence-electron chi connectivity index (χ4n) is 6.69. The van der Waals surface area contributed by atoms with Crippen molar-refractivity contribution in [3.8, 4) is 22.6 Å². The van der Waals surface area contributed by atoms with Crippen molar-refractivity contribution in [1.29, 1.82) is 0 Å². The molecule has 3 aromatic rings. The van der Waals surface area contributed by atoms with Gasteiger partial charge in [-0.3, -0.25) is 14.5 Å². The molecule has 9 nitrogen and oxygen atoms in total. The van der Waals surface area contributed by atoms with E-state index in [1.54, 1.807) is 6.07 Å². The van der Waals surface area contributed by atoms with Gasteiger partial charge in [0.05, 0.1) is 24.3 Å². The lowest BCUT2D eigenvalue weighted by molar-refractivity contribution is 0.0193. The van der Waals surface area contributed by atoms with Crippen LogP contribution in [-0.2, 0) is 30.7 Å². The molecule has 1 aromatic heterocycles. The Balaban J connectivity index is 1.33. The van der Waals surface area contributed by atoms with Crippen molar-refractivity contribution in [3.05, 3.63) is 70.5 Å². The van der Waals surface area contributed by atoms with Gasteiger partial charge in [0, 0.05) is 61.8 Å². The summed E-state index contributed by atoms with van der Waals surface area (Å²) in [4.78, 5) is 31.8. The average Bonchev–Trinajstić information content (AvgIpc) is 3.60. The third kappa shape index (κ3) is 4.43. The van der Waals surface area contributed by atoms with Crippen LogP contribution >= 0.6 is 0 Å². The van der Waals surface area contributed by atoms with Crippen LogP contribution in [0.5, 0.6) is 11.5 Å². The van der Waals surface area contributed by atoms with Crippen LogP contribution in [0, 0.1) is 0 Å². The van der Waals surface area contributed by atoms with Crippen molar-refractivity contribution in [2.75, 3.05) is 39.6 Å². The molecule has 1 unspecified atom stereocenters. The molecule has 2 amide bonds. The third-order valence-corrected chi connectivity index (χ3v) is 8.72. The SMILES string of the molecule is NC(=O)c1c(-c2cc3c(cc2C(=O)N2Cc4ccccc4CC2CN2CCOCC2)OCO3)cn2c1CCCC2. The molecule has 0 aliphatic carbocycles. The van der Waals surface area contributed by atoms with E-state index in [9.17, 15) is 9.59 Å². The van der Waals surface area contributed by atoms with Crippen molar-refractivity contribution >= 4 is 11.8 Å². The van der Waals surface area contributed by atoms with Gasteiger partial charge in [0.2, 0.25) is 6.79 Å². The minimum atomic E-state index is -0.473. The van der Waals surface area contributed by atoms with E-state index in [0.29, 0.717) is 53.5 Å². The van der Waals surface area contributed by atoms with Gasteiger partial charge in [-0.1, -0.05) is 24.3 Å². The molecule has 0 radical (unpaired) electrons. The summed E-state index contributed by atoms with van der Waals surface area (Å²) in [5.74, 6) is 0.554.